The summed E-state index contributed by atoms with van der Waals surface area (Å²) in [5.74, 6) is 0. The summed E-state index contributed by atoms with van der Waals surface area (Å²) in [5.41, 5.74) is 3.72. The highest BCUT2D eigenvalue weighted by Crippen LogP contribution is 2.22. The normalized spacial score (nSPS) is 23.9. The van der Waals surface area contributed by atoms with Crippen molar-refractivity contribution in [1.82, 2.24) is 9.89 Å². The van der Waals surface area contributed by atoms with E-state index in [1.165, 1.54) is 4.79 Å². The third-order valence-electron chi connectivity index (χ3n) is 2.88. The zero-order chi connectivity index (χ0) is 11.7. The van der Waals surface area contributed by atoms with E-state index in [4.69, 9.17) is 0 Å². The van der Waals surface area contributed by atoms with E-state index in [1.54, 1.807) is 12.4 Å². The average molecular weight is 217 g/mol. The van der Waals surface area contributed by atoms with Gasteiger partial charge in [0.25, 0.3) is 0 Å². The van der Waals surface area contributed by atoms with Crippen LogP contribution in [0.2, 0.25) is 0 Å². The van der Waals surface area contributed by atoms with E-state index in [0.717, 1.165) is 22.4 Å². The fourth-order valence-corrected chi connectivity index (χ4v) is 1.69. The summed E-state index contributed by atoms with van der Waals surface area (Å²) in [7, 11) is 0. The molecule has 4 heteroatoms. The largest absolute Gasteiger partial charge is 0.384 e. The lowest BCUT2D eigenvalue weighted by Gasteiger charge is -2.21. The quantitative estimate of drug-likeness (QED) is 0.779. The Morgan fingerprint density at radius 3 is 2.75 bits per heavy atom. The molecule has 0 amide bonds. The summed E-state index contributed by atoms with van der Waals surface area (Å²) in [6.07, 6.45) is 4.89. The van der Waals surface area contributed by atoms with Crippen LogP contribution in [-0.4, -0.2) is 26.8 Å². The molecule has 1 atom stereocenters. The number of rotatable bonds is 1. The Balaban J connectivity index is 2.43. The lowest BCUT2D eigenvalue weighted by atomic mass is 9.90. The highest BCUT2D eigenvalue weighted by molar-refractivity contribution is 6.10. The van der Waals surface area contributed by atoms with Crippen molar-refractivity contribution in [2.45, 2.75) is 26.9 Å². The highest BCUT2D eigenvalue weighted by Gasteiger charge is 2.19. The summed E-state index contributed by atoms with van der Waals surface area (Å²) in [6.45, 7) is 5.79. The Morgan fingerprint density at radius 2 is 2.12 bits per heavy atom. The molecule has 0 bridgehead atoms. The van der Waals surface area contributed by atoms with Gasteiger partial charge in [0.05, 0.1) is 24.2 Å². The molecular weight excluding hydrogens is 202 g/mol. The number of allylic oxidation sites excluding steroid dienone is 2. The number of hydrogen-bond donors (Lipinski definition) is 1. The molecule has 1 heterocycles. The first kappa shape index (κ1) is 10.8. The first-order valence-electron chi connectivity index (χ1n) is 5.22. The van der Waals surface area contributed by atoms with Gasteiger partial charge in [0, 0.05) is 0 Å². The Morgan fingerprint density at radius 1 is 1.38 bits per heavy atom. The fraction of sp³-hybridized carbons (Fsp3) is 0.333. The van der Waals surface area contributed by atoms with Crippen LogP contribution in [0.3, 0.4) is 0 Å². The average Bonchev–Trinajstić information content (AvgIpc) is 2.76. The topological polar surface area (TPSA) is 50.4 Å². The van der Waals surface area contributed by atoms with Crippen LogP contribution in [0.4, 0.5) is 0 Å². The Kier molecular flexibility index (Phi) is 2.75. The molecule has 0 fully saturated rings. The maximum absolute atomic E-state index is 9.86. The fourth-order valence-electron chi connectivity index (χ4n) is 1.69. The van der Waals surface area contributed by atoms with Crippen molar-refractivity contribution in [1.29, 1.82) is 0 Å². The zero-order valence-electron chi connectivity index (χ0n) is 9.68. The zero-order valence-corrected chi connectivity index (χ0v) is 9.68. The predicted molar refractivity (Wildman–Crippen MR) is 63.2 cm³/mol. The summed E-state index contributed by atoms with van der Waals surface area (Å²) in [4.78, 5) is 1.52. The Labute approximate surface area is 94.6 Å². The number of hydrogen-bond acceptors (Lipinski definition) is 3. The van der Waals surface area contributed by atoms with Gasteiger partial charge >= 0.3 is 0 Å². The highest BCUT2D eigenvalue weighted by atomic mass is 16.3. The van der Waals surface area contributed by atoms with Crippen LogP contribution >= 0.6 is 0 Å². The number of aliphatic hydroxyl groups is 1. The second kappa shape index (κ2) is 4.06. The lowest BCUT2D eigenvalue weighted by molar-refractivity contribution is 0.245. The monoisotopic (exact) mass is 217 g/mol. The van der Waals surface area contributed by atoms with Crippen molar-refractivity contribution < 1.29 is 5.11 Å². The van der Waals surface area contributed by atoms with E-state index >= 15 is 0 Å². The van der Waals surface area contributed by atoms with Crippen molar-refractivity contribution in [3.05, 3.63) is 41.3 Å². The number of nitrogens with zero attached hydrogens (tertiary/aromatic N) is 3. The van der Waals surface area contributed by atoms with Crippen LogP contribution in [-0.2, 0) is 0 Å². The van der Waals surface area contributed by atoms with Gasteiger partial charge in [-0.1, -0.05) is 0 Å². The summed E-state index contributed by atoms with van der Waals surface area (Å²) in [6, 6.07) is 1.82. The maximum atomic E-state index is 9.86. The van der Waals surface area contributed by atoms with Gasteiger partial charge < -0.3 is 5.11 Å². The van der Waals surface area contributed by atoms with Crippen LogP contribution in [0.15, 0.2) is 46.4 Å². The molecule has 0 saturated carbocycles. The van der Waals surface area contributed by atoms with E-state index in [-0.39, 0.29) is 0 Å². The molecule has 1 aromatic heterocycles. The van der Waals surface area contributed by atoms with Gasteiger partial charge in [-0.05, 0) is 49.6 Å². The van der Waals surface area contributed by atoms with Crippen LogP contribution in [0.25, 0.3) is 0 Å². The van der Waals surface area contributed by atoms with Crippen LogP contribution in [0.1, 0.15) is 20.8 Å². The molecule has 1 aromatic rings. The molecule has 84 valence electrons. The molecular formula is C12H15N3O. The van der Waals surface area contributed by atoms with Crippen LogP contribution in [0, 0.1) is 0 Å². The molecule has 2 rings (SSSR count). The smallest absolute Gasteiger partial charge is 0.0965 e. The third kappa shape index (κ3) is 1.84. The SMILES string of the molecule is CC1=C/C(=N/n2cccn2)C(C)=C(C)C1O. The number of aromatic nitrogens is 2. The van der Waals surface area contributed by atoms with E-state index < -0.39 is 6.10 Å². The van der Waals surface area contributed by atoms with Gasteiger partial charge in [-0.2, -0.15) is 15.0 Å². The minimum Gasteiger partial charge on any atom is -0.384 e. The first-order valence-corrected chi connectivity index (χ1v) is 5.22. The standard InChI is InChI=1S/C12H15N3O/c1-8-7-11(9(2)10(3)12(8)16)14-15-6-4-5-13-15/h4-7,12,16H,1-3H3/b14-11-. The maximum Gasteiger partial charge on any atom is 0.0965 e. The summed E-state index contributed by atoms with van der Waals surface area (Å²) >= 11 is 0. The molecule has 1 unspecified atom stereocenters. The van der Waals surface area contributed by atoms with Gasteiger partial charge in [-0.25, -0.2) is 0 Å². The van der Waals surface area contributed by atoms with Gasteiger partial charge in [-0.15, -0.1) is 0 Å². The van der Waals surface area contributed by atoms with Gasteiger partial charge in [-0.3, -0.25) is 0 Å². The van der Waals surface area contributed by atoms with E-state index in [2.05, 4.69) is 10.2 Å². The molecule has 0 radical (unpaired) electrons. The van der Waals surface area contributed by atoms with Gasteiger partial charge in [0.1, 0.15) is 0 Å². The van der Waals surface area contributed by atoms with Gasteiger partial charge in [0.15, 0.2) is 0 Å². The van der Waals surface area contributed by atoms with Crippen LogP contribution in [0.5, 0.6) is 0 Å². The Bertz CT molecular complexity index is 480. The lowest BCUT2D eigenvalue weighted by Crippen LogP contribution is -2.20. The second-order valence-electron chi connectivity index (χ2n) is 4.01. The van der Waals surface area contributed by atoms with Crippen molar-refractivity contribution >= 4 is 5.71 Å². The van der Waals surface area contributed by atoms with Gasteiger partial charge in [0.2, 0.25) is 0 Å². The van der Waals surface area contributed by atoms with Crippen molar-refractivity contribution in [2.75, 3.05) is 0 Å². The summed E-state index contributed by atoms with van der Waals surface area (Å²) in [5, 5.41) is 18.3. The predicted octanol–water partition coefficient (Wildman–Crippen LogP) is 1.74. The van der Waals surface area contributed by atoms with Crippen molar-refractivity contribution in [3.63, 3.8) is 0 Å². The van der Waals surface area contributed by atoms with E-state index in [0.29, 0.717) is 0 Å². The second-order valence-corrected chi connectivity index (χ2v) is 4.01. The summed E-state index contributed by atoms with van der Waals surface area (Å²) < 4.78 is 0. The molecule has 0 aromatic carbocycles. The number of aliphatic hydroxyl groups excluding tert-OH is 1. The molecule has 0 spiro atoms. The molecule has 0 saturated heterocycles. The minimum absolute atomic E-state index is 0.475. The molecule has 0 aliphatic heterocycles. The Hall–Kier alpha value is -1.68. The van der Waals surface area contributed by atoms with E-state index in [9.17, 15) is 5.11 Å². The van der Waals surface area contributed by atoms with Crippen molar-refractivity contribution in [3.8, 4) is 0 Å². The van der Waals surface area contributed by atoms with Crippen LogP contribution < -0.4 is 0 Å². The van der Waals surface area contributed by atoms with E-state index in [1.807, 2.05) is 32.9 Å². The molecule has 1 N–H and O–H groups in total. The minimum atomic E-state index is -0.475. The molecule has 1 aliphatic rings. The molecule has 16 heavy (non-hydrogen) atoms. The first-order chi connectivity index (χ1) is 7.59. The third-order valence-corrected chi connectivity index (χ3v) is 2.88. The van der Waals surface area contributed by atoms with Crippen molar-refractivity contribution in [2.24, 2.45) is 5.10 Å². The molecule has 4 nitrogen and oxygen atoms in total. The molecule has 1 aliphatic carbocycles.